The number of carbonyl (C=O) groups excluding carboxylic acids is 1. The molecular weight excluding hydrogens is 293 g/mol. The van der Waals surface area contributed by atoms with E-state index in [1.54, 1.807) is 0 Å². The molecule has 0 radical (unpaired) electrons. The molecule has 0 saturated carbocycles. The van der Waals surface area contributed by atoms with Gasteiger partial charge in [0, 0.05) is 5.02 Å². The Balaban J connectivity index is 3.27. The second-order valence-corrected chi connectivity index (χ2v) is 3.99. The van der Waals surface area contributed by atoms with E-state index in [-0.39, 0.29) is 20.8 Å². The molecule has 0 atom stereocenters. The fourth-order valence-corrected chi connectivity index (χ4v) is 1.93. The number of ether oxygens (including phenoxy) is 1. The van der Waals surface area contributed by atoms with Gasteiger partial charge >= 0.3 is 6.61 Å². The van der Waals surface area contributed by atoms with E-state index in [0.29, 0.717) is 0 Å². The van der Waals surface area contributed by atoms with Crippen molar-refractivity contribution in [3.63, 3.8) is 0 Å². The number of benzene rings is 1. The molecule has 0 bridgehead atoms. The summed E-state index contributed by atoms with van der Waals surface area (Å²) in [6.45, 7) is -1.74. The van der Waals surface area contributed by atoms with Gasteiger partial charge in [0.15, 0.2) is 11.5 Å². The molecule has 0 aromatic heterocycles. The van der Waals surface area contributed by atoms with Crippen molar-refractivity contribution < 1.29 is 18.3 Å². The number of hydrogen-bond acceptors (Lipinski definition) is 2. The number of hydrogen-bond donors (Lipinski definition) is 0. The summed E-state index contributed by atoms with van der Waals surface area (Å²) in [5, 5.41) is 0.272. The minimum absolute atomic E-state index is 0.0228. The van der Waals surface area contributed by atoms with Gasteiger partial charge in [-0.15, -0.1) is 0 Å². The Bertz CT molecular complexity index is 396. The fourth-order valence-electron chi connectivity index (χ4n) is 1.03. The van der Waals surface area contributed by atoms with E-state index in [1.165, 1.54) is 19.1 Å². The van der Waals surface area contributed by atoms with Crippen LogP contribution in [0.1, 0.15) is 17.3 Å². The van der Waals surface area contributed by atoms with Crippen LogP contribution in [0, 0.1) is 0 Å². The molecule has 0 spiro atoms. The minimum Gasteiger partial charge on any atom is -0.433 e. The molecule has 0 heterocycles. The first-order valence-electron chi connectivity index (χ1n) is 3.86. The van der Waals surface area contributed by atoms with Crippen LogP contribution in [-0.4, -0.2) is 12.4 Å². The zero-order valence-corrected chi connectivity index (χ0v) is 9.90. The summed E-state index contributed by atoms with van der Waals surface area (Å²) in [5.41, 5.74) is 0.0228. The molecule has 6 heteroatoms. The molecule has 0 fully saturated rings. The number of carbonyl (C=O) groups is 1. The number of alkyl halides is 2. The zero-order valence-electron chi connectivity index (χ0n) is 7.56. The Kier molecular flexibility index (Phi) is 4.04. The Morgan fingerprint density at radius 2 is 2.13 bits per heavy atom. The Morgan fingerprint density at radius 1 is 1.53 bits per heavy atom. The van der Waals surface area contributed by atoms with E-state index in [1.807, 2.05) is 0 Å². The van der Waals surface area contributed by atoms with Gasteiger partial charge in [-0.1, -0.05) is 11.6 Å². The summed E-state index contributed by atoms with van der Waals surface area (Å²) >= 11 is 8.68. The Labute approximate surface area is 98.3 Å². The van der Waals surface area contributed by atoms with E-state index in [0.717, 1.165) is 0 Å². The second kappa shape index (κ2) is 4.90. The molecule has 0 N–H and O–H groups in total. The second-order valence-electron chi connectivity index (χ2n) is 2.70. The lowest BCUT2D eigenvalue weighted by molar-refractivity contribution is -0.0506. The SMILES string of the molecule is CC(=O)c1cc(Cl)cc(Br)c1OC(F)F. The van der Waals surface area contributed by atoms with Crippen molar-refractivity contribution in [2.75, 3.05) is 0 Å². The van der Waals surface area contributed by atoms with Crippen molar-refractivity contribution >= 4 is 33.3 Å². The quantitative estimate of drug-likeness (QED) is 0.791. The normalized spacial score (nSPS) is 10.5. The number of ketones is 1. The number of Topliss-reactive ketones (excluding diaryl/α,β-unsaturated/α-hetero) is 1. The fraction of sp³-hybridized carbons (Fsp3) is 0.222. The molecule has 0 amide bonds. The molecule has 82 valence electrons. The van der Waals surface area contributed by atoms with Gasteiger partial charge in [0.2, 0.25) is 0 Å². The van der Waals surface area contributed by atoms with Crippen LogP contribution < -0.4 is 4.74 Å². The zero-order chi connectivity index (χ0) is 11.6. The molecule has 1 aromatic carbocycles. The van der Waals surface area contributed by atoms with Crippen LogP contribution in [0.4, 0.5) is 8.78 Å². The standard InChI is InChI=1S/C9H6BrClF2O2/c1-4(14)6-2-5(11)3-7(10)8(6)15-9(12)13/h2-3,9H,1H3. The van der Waals surface area contributed by atoms with Crippen LogP contribution in [0.3, 0.4) is 0 Å². The monoisotopic (exact) mass is 298 g/mol. The topological polar surface area (TPSA) is 26.3 Å². The molecule has 0 unspecified atom stereocenters. The molecule has 0 saturated heterocycles. The maximum absolute atomic E-state index is 12.1. The van der Waals surface area contributed by atoms with Crippen LogP contribution >= 0.6 is 27.5 Å². The average molecular weight is 299 g/mol. The Morgan fingerprint density at radius 3 is 2.60 bits per heavy atom. The van der Waals surface area contributed by atoms with Crippen LogP contribution in [0.25, 0.3) is 0 Å². The van der Waals surface area contributed by atoms with Gasteiger partial charge in [-0.3, -0.25) is 4.79 Å². The lowest BCUT2D eigenvalue weighted by Crippen LogP contribution is -2.07. The molecule has 1 aromatic rings. The summed E-state index contributed by atoms with van der Waals surface area (Å²) in [6, 6.07) is 2.66. The van der Waals surface area contributed by atoms with Gasteiger partial charge in [-0.25, -0.2) is 0 Å². The third-order valence-electron chi connectivity index (χ3n) is 1.59. The number of halogens is 4. The molecule has 0 aliphatic carbocycles. The first-order chi connectivity index (χ1) is 6.91. The maximum atomic E-state index is 12.1. The van der Waals surface area contributed by atoms with E-state index in [4.69, 9.17) is 11.6 Å². The summed E-state index contributed by atoms with van der Waals surface area (Å²) in [5.74, 6) is -0.587. The Hall–Kier alpha value is -0.680. The predicted octanol–water partition coefficient (Wildman–Crippen LogP) is 3.91. The van der Waals surface area contributed by atoms with Crippen molar-refractivity contribution in [2.24, 2.45) is 0 Å². The molecule has 0 aliphatic rings. The molecular formula is C9H6BrClF2O2. The highest BCUT2D eigenvalue weighted by molar-refractivity contribution is 9.10. The molecule has 0 aliphatic heterocycles. The predicted molar refractivity (Wildman–Crippen MR) is 55.8 cm³/mol. The lowest BCUT2D eigenvalue weighted by Gasteiger charge is -2.11. The van der Waals surface area contributed by atoms with Crippen molar-refractivity contribution in [2.45, 2.75) is 13.5 Å². The molecule has 2 nitrogen and oxygen atoms in total. The van der Waals surface area contributed by atoms with E-state index < -0.39 is 12.4 Å². The highest BCUT2D eigenvalue weighted by Crippen LogP contribution is 2.34. The highest BCUT2D eigenvalue weighted by atomic mass is 79.9. The summed E-state index contributed by atoms with van der Waals surface area (Å²) in [4.78, 5) is 11.1. The van der Waals surface area contributed by atoms with E-state index in [2.05, 4.69) is 20.7 Å². The van der Waals surface area contributed by atoms with Crippen LogP contribution in [-0.2, 0) is 0 Å². The van der Waals surface area contributed by atoms with Crippen LogP contribution in [0.2, 0.25) is 5.02 Å². The van der Waals surface area contributed by atoms with Gasteiger partial charge in [0.25, 0.3) is 0 Å². The largest absolute Gasteiger partial charge is 0.433 e. The van der Waals surface area contributed by atoms with Crippen molar-refractivity contribution in [1.82, 2.24) is 0 Å². The van der Waals surface area contributed by atoms with Gasteiger partial charge in [-0.2, -0.15) is 8.78 Å². The smallest absolute Gasteiger partial charge is 0.387 e. The third kappa shape index (κ3) is 3.14. The molecule has 1 rings (SSSR count). The van der Waals surface area contributed by atoms with E-state index >= 15 is 0 Å². The van der Waals surface area contributed by atoms with E-state index in [9.17, 15) is 13.6 Å². The molecule has 15 heavy (non-hydrogen) atoms. The van der Waals surface area contributed by atoms with Crippen LogP contribution in [0.5, 0.6) is 5.75 Å². The number of rotatable bonds is 3. The van der Waals surface area contributed by atoms with Crippen molar-refractivity contribution in [3.8, 4) is 5.75 Å². The van der Waals surface area contributed by atoms with Gasteiger partial charge in [0.1, 0.15) is 0 Å². The summed E-state index contributed by atoms with van der Waals surface area (Å²) in [7, 11) is 0. The lowest BCUT2D eigenvalue weighted by atomic mass is 10.1. The van der Waals surface area contributed by atoms with Gasteiger partial charge in [-0.05, 0) is 35.0 Å². The van der Waals surface area contributed by atoms with Gasteiger partial charge in [0.05, 0.1) is 10.0 Å². The minimum atomic E-state index is -2.99. The summed E-state index contributed by atoms with van der Waals surface area (Å²) in [6.07, 6.45) is 0. The summed E-state index contributed by atoms with van der Waals surface area (Å²) < 4.78 is 28.6. The maximum Gasteiger partial charge on any atom is 0.387 e. The van der Waals surface area contributed by atoms with Gasteiger partial charge < -0.3 is 4.74 Å². The van der Waals surface area contributed by atoms with Crippen molar-refractivity contribution in [3.05, 3.63) is 27.2 Å². The third-order valence-corrected chi connectivity index (χ3v) is 2.40. The average Bonchev–Trinajstić information content (AvgIpc) is 2.08. The highest BCUT2D eigenvalue weighted by Gasteiger charge is 2.17. The first kappa shape index (κ1) is 12.4. The first-order valence-corrected chi connectivity index (χ1v) is 5.03. The van der Waals surface area contributed by atoms with Crippen LogP contribution in [0.15, 0.2) is 16.6 Å². The van der Waals surface area contributed by atoms with Crippen molar-refractivity contribution in [1.29, 1.82) is 0 Å².